The Morgan fingerprint density at radius 1 is 0.716 bits per heavy atom. The van der Waals surface area contributed by atoms with Crippen LogP contribution in [-0.4, -0.2) is 137 Å². The van der Waals surface area contributed by atoms with Gasteiger partial charge in [0.15, 0.2) is 22.3 Å². The van der Waals surface area contributed by atoms with Gasteiger partial charge in [0.2, 0.25) is 11.9 Å². The number of carbonyl (C=O) groups is 2. The van der Waals surface area contributed by atoms with Crippen LogP contribution >= 0.6 is 27.0 Å². The van der Waals surface area contributed by atoms with Gasteiger partial charge in [0.05, 0.1) is 74.4 Å². The molecule has 74 heavy (non-hydrogen) atoms. The molecule has 4 heterocycles. The third-order valence-electron chi connectivity index (χ3n) is 9.63. The van der Waals surface area contributed by atoms with Crippen molar-refractivity contribution in [2.45, 2.75) is 40.8 Å². The number of H-pyrrole nitrogens is 2. The van der Waals surface area contributed by atoms with Crippen molar-refractivity contribution in [3.8, 4) is 0 Å². The number of nitrogen functional groups attached to an aromatic ring is 2. The molecule has 30 heteroatoms. The van der Waals surface area contributed by atoms with Crippen LogP contribution in [0.15, 0.2) is 70.5 Å². The number of hydrogen-bond acceptors (Lipinski definition) is 23. The van der Waals surface area contributed by atoms with Gasteiger partial charge < -0.3 is 55.5 Å². The fourth-order valence-corrected chi connectivity index (χ4v) is 13.1. The first-order valence-electron chi connectivity index (χ1n) is 22.8. The lowest BCUT2D eigenvalue weighted by molar-refractivity contribution is 0.0696. The summed E-state index contributed by atoms with van der Waals surface area (Å²) in [6, 6.07) is 13.3. The van der Waals surface area contributed by atoms with Crippen LogP contribution in [0.4, 0.5) is 23.3 Å². The molecule has 1 unspecified atom stereocenters. The highest BCUT2D eigenvalue weighted by Gasteiger charge is 2.27. The molecule has 0 saturated carbocycles. The van der Waals surface area contributed by atoms with Crippen molar-refractivity contribution in [2.24, 2.45) is 5.73 Å². The minimum Gasteiger partial charge on any atom is -0.478 e. The Morgan fingerprint density at radius 2 is 1.15 bits per heavy atom. The molecule has 26 nitrogen and oxygen atoms in total. The highest BCUT2D eigenvalue weighted by molar-refractivity contribution is 8.04. The van der Waals surface area contributed by atoms with Gasteiger partial charge in [-0.1, -0.05) is 0 Å². The zero-order valence-corrected chi connectivity index (χ0v) is 45.1. The zero-order chi connectivity index (χ0) is 54.4. The first kappa shape index (κ1) is 60.3. The van der Waals surface area contributed by atoms with E-state index in [1.54, 1.807) is 64.1 Å². The molecule has 1 amide bonds. The molecule has 0 aliphatic carbocycles. The predicted molar refractivity (Wildman–Crippen MR) is 287 cm³/mol. The van der Waals surface area contributed by atoms with Gasteiger partial charge in [0, 0.05) is 66.4 Å². The van der Waals surface area contributed by atoms with E-state index < -0.39 is 43.1 Å². The molecule has 4 aromatic heterocycles. The van der Waals surface area contributed by atoms with Crippen molar-refractivity contribution >= 4 is 95.2 Å². The fraction of sp³-hybridized carbons (Fsp3) is 0.409. The van der Waals surface area contributed by atoms with Crippen molar-refractivity contribution in [2.75, 3.05) is 97.4 Å². The molecule has 6 aromatic rings. The molecule has 10 N–H and O–H groups in total. The number of fused-ring (bicyclic) bond motifs is 2. The number of thioether (sulfide) groups is 1. The molecule has 0 spiro atoms. The topological polar surface area (TPSA) is 382 Å². The summed E-state index contributed by atoms with van der Waals surface area (Å²) in [6.07, 6.45) is 3.05. The average molecular weight is 1110 g/mol. The van der Waals surface area contributed by atoms with Crippen LogP contribution in [0.3, 0.4) is 0 Å². The van der Waals surface area contributed by atoms with Crippen LogP contribution in [0, 0.1) is 0 Å². The molecule has 0 saturated heterocycles. The summed E-state index contributed by atoms with van der Waals surface area (Å²) in [5.41, 5.74) is 19.6. The maximum atomic E-state index is 12.5. The molecule has 0 aliphatic heterocycles. The van der Waals surface area contributed by atoms with E-state index in [-0.39, 0.29) is 76.7 Å². The Morgan fingerprint density at radius 3 is 1.57 bits per heavy atom. The summed E-state index contributed by atoms with van der Waals surface area (Å²) in [4.78, 5) is 80.5. The number of aromatic carboxylic acids is 1. The third-order valence-corrected chi connectivity index (χ3v) is 17.8. The molecule has 0 fully saturated rings. The molecule has 1 atom stereocenters. The molecular formula is C44H62N14O12P2S2. The smallest absolute Gasteiger partial charge is 0.343 e. The van der Waals surface area contributed by atoms with E-state index in [0.717, 1.165) is 17.1 Å². The van der Waals surface area contributed by atoms with Crippen molar-refractivity contribution < 1.29 is 46.1 Å². The standard InChI is InChI=1S/C22H30N7O6PS.C15H14N6O3.C7H18NO3PS/c1-4-34-36(32,35-5-2)14-37(33)11-10-24-20(30)15-6-8-17(9-7-15)29(3)13-16-12-25-19-18(26-16)21(31)28-22(23)27-19;1-21(10-4-2-8(3-5-10)14(23)24)7-9-6-17-12-11(18-9)13(22)20-15(16)19-12;1-3-10-12(9,11-4-2)7-13-6-5-8/h6-9,12H,4-5,10-11,13-14H2,1-3H3,(H,24,30)(H3,23,25,27,28,31);2-6H,7H2,1H3,(H,23,24)(H3,16,17,19,20,22);3-8H2,1-2H3. The maximum absolute atomic E-state index is 12.5. The zero-order valence-electron chi connectivity index (χ0n) is 41.7. The molecule has 0 aliphatic rings. The van der Waals surface area contributed by atoms with Crippen LogP contribution in [0.25, 0.3) is 22.3 Å². The second-order valence-electron chi connectivity index (χ2n) is 15.3. The summed E-state index contributed by atoms with van der Waals surface area (Å²) < 4.78 is 57.0. The number of carboxylic acids is 1. The molecule has 0 bridgehead atoms. The summed E-state index contributed by atoms with van der Waals surface area (Å²) in [5, 5.41) is 11.6. The van der Waals surface area contributed by atoms with E-state index >= 15 is 0 Å². The van der Waals surface area contributed by atoms with Crippen molar-refractivity contribution in [1.82, 2.24) is 45.2 Å². The number of nitrogens with two attached hydrogens (primary N) is 3. The summed E-state index contributed by atoms with van der Waals surface area (Å²) in [7, 11) is -4.07. The minimum atomic E-state index is -3.41. The van der Waals surface area contributed by atoms with E-state index in [9.17, 15) is 32.5 Å². The number of anilines is 4. The molecule has 0 radical (unpaired) electrons. The number of carboxylic acid groups (broad SMARTS) is 1. The Labute approximate surface area is 432 Å². The molecular weight excluding hydrogens is 1040 g/mol. The van der Waals surface area contributed by atoms with Gasteiger partial charge >= 0.3 is 21.2 Å². The van der Waals surface area contributed by atoms with Gasteiger partial charge in [-0.25, -0.2) is 24.7 Å². The monoisotopic (exact) mass is 1100 g/mol. The Hall–Kier alpha value is -6.22. The fourth-order valence-electron chi connectivity index (χ4n) is 6.38. The minimum absolute atomic E-state index is 0.00908. The van der Waals surface area contributed by atoms with E-state index in [4.69, 9.17) is 40.4 Å². The summed E-state index contributed by atoms with van der Waals surface area (Å²) in [5.74, 6) is -0.433. The van der Waals surface area contributed by atoms with Crippen LogP contribution in [0.1, 0.15) is 59.8 Å². The third kappa shape index (κ3) is 18.9. The normalized spacial score (nSPS) is 11.8. The van der Waals surface area contributed by atoms with Gasteiger partial charge in [-0.15, -0.1) is 11.8 Å². The SMILES string of the molecule is CCOP(=O)(CS(=O)CCNC(=O)c1ccc(N(C)Cc2cnc3nc(N)[nH]c(=O)c3n2)cc1)OCC.CCOP(=O)(CSCCN)OCC.CN(Cc1cnc2nc(N)[nH]c(=O)c2n1)c1ccc(C(=O)O)cc1. The van der Waals surface area contributed by atoms with Gasteiger partial charge in [0.25, 0.3) is 17.0 Å². The van der Waals surface area contributed by atoms with Crippen molar-refractivity contribution in [3.05, 3.63) is 104 Å². The maximum Gasteiger partial charge on any atom is 0.343 e. The number of hydrogen-bond donors (Lipinski definition) is 7. The van der Waals surface area contributed by atoms with E-state index in [1.807, 2.05) is 23.9 Å². The largest absolute Gasteiger partial charge is 0.478 e. The van der Waals surface area contributed by atoms with Crippen LogP contribution in [0.2, 0.25) is 0 Å². The van der Waals surface area contributed by atoms with E-state index in [0.29, 0.717) is 55.3 Å². The predicted octanol–water partition coefficient (Wildman–Crippen LogP) is 4.17. The average Bonchev–Trinajstić information content (AvgIpc) is 3.35. The number of nitrogens with zero attached hydrogens (tertiary/aromatic N) is 8. The molecule has 402 valence electrons. The first-order chi connectivity index (χ1) is 35.3. The number of rotatable bonds is 25. The van der Waals surface area contributed by atoms with Crippen molar-refractivity contribution in [1.29, 1.82) is 0 Å². The number of amides is 1. The highest BCUT2D eigenvalue weighted by Crippen LogP contribution is 2.50. The lowest BCUT2D eigenvalue weighted by Crippen LogP contribution is -2.28. The van der Waals surface area contributed by atoms with Gasteiger partial charge in [-0.3, -0.25) is 37.7 Å². The van der Waals surface area contributed by atoms with Crippen molar-refractivity contribution in [3.63, 3.8) is 0 Å². The van der Waals surface area contributed by atoms with Crippen LogP contribution < -0.4 is 43.4 Å². The lowest BCUT2D eigenvalue weighted by atomic mass is 10.2. The first-order valence-corrected chi connectivity index (χ1v) is 28.9. The van der Waals surface area contributed by atoms with Crippen LogP contribution in [-0.2, 0) is 51.1 Å². The van der Waals surface area contributed by atoms with Crippen LogP contribution in [0.5, 0.6) is 0 Å². The highest BCUT2D eigenvalue weighted by atomic mass is 32.2. The molecule has 2 aromatic carbocycles. The number of aromatic nitrogens is 8. The number of benzene rings is 2. The van der Waals surface area contributed by atoms with E-state index in [1.165, 1.54) is 36.3 Å². The summed E-state index contributed by atoms with van der Waals surface area (Å²) in [6.45, 7) is 9.68. The van der Waals surface area contributed by atoms with Gasteiger partial charge in [-0.05, 0) is 76.2 Å². The van der Waals surface area contributed by atoms with E-state index in [2.05, 4.69) is 45.2 Å². The lowest BCUT2D eigenvalue weighted by Gasteiger charge is -2.19. The Kier molecular flexibility index (Phi) is 24.1. The number of aromatic amines is 2. The Bertz CT molecular complexity index is 3030. The number of carbonyl (C=O) groups excluding carboxylic acids is 1. The van der Waals surface area contributed by atoms with Gasteiger partial charge in [-0.2, -0.15) is 9.97 Å². The number of nitrogens with one attached hydrogen (secondary N) is 3. The Balaban J connectivity index is 0.000000273. The summed E-state index contributed by atoms with van der Waals surface area (Å²) >= 11 is 1.50. The second kappa shape index (κ2) is 29.6. The quantitative estimate of drug-likeness (QED) is 0.0312. The second-order valence-corrected chi connectivity index (χ2v) is 23.0. The molecule has 6 rings (SSSR count). The van der Waals surface area contributed by atoms with Gasteiger partial charge in [0.1, 0.15) is 5.49 Å².